The number of alkyl halides is 3. The summed E-state index contributed by atoms with van der Waals surface area (Å²) in [5, 5.41) is 1.85. The highest BCUT2D eigenvalue weighted by molar-refractivity contribution is 5.92. The average molecular weight is 291 g/mol. The van der Waals surface area contributed by atoms with Crippen molar-refractivity contribution in [3.8, 4) is 5.75 Å². The standard InChI is InChI=1S/C12H12F3NO4/c1-2-19-11(18)16-10(17)7-20-9-5-3-4-8(6-9)12(13,14)15/h3-6H,2,7H2,1H3,(H,16,17,18). The van der Waals surface area contributed by atoms with Crippen LogP contribution < -0.4 is 10.1 Å². The summed E-state index contributed by atoms with van der Waals surface area (Å²) in [5.41, 5.74) is -0.888. The molecule has 0 unspecified atom stereocenters. The van der Waals surface area contributed by atoms with E-state index in [4.69, 9.17) is 4.74 Å². The van der Waals surface area contributed by atoms with Gasteiger partial charge in [0.15, 0.2) is 6.61 Å². The van der Waals surface area contributed by atoms with Crippen molar-refractivity contribution in [2.45, 2.75) is 13.1 Å². The van der Waals surface area contributed by atoms with Crippen LogP contribution in [-0.2, 0) is 15.7 Å². The summed E-state index contributed by atoms with van der Waals surface area (Å²) in [5.74, 6) is -0.945. The molecule has 0 aromatic heterocycles. The van der Waals surface area contributed by atoms with Gasteiger partial charge in [-0.2, -0.15) is 13.2 Å². The maximum Gasteiger partial charge on any atom is 0.416 e. The van der Waals surface area contributed by atoms with Gasteiger partial charge in [0.2, 0.25) is 0 Å². The van der Waals surface area contributed by atoms with E-state index in [-0.39, 0.29) is 12.4 Å². The first-order chi connectivity index (χ1) is 9.32. The Morgan fingerprint density at radius 2 is 2.00 bits per heavy atom. The highest BCUT2D eigenvalue weighted by Crippen LogP contribution is 2.31. The Labute approximate surface area is 112 Å². The summed E-state index contributed by atoms with van der Waals surface area (Å²) in [6, 6.07) is 4.07. The van der Waals surface area contributed by atoms with E-state index in [1.165, 1.54) is 6.07 Å². The van der Waals surface area contributed by atoms with Crippen molar-refractivity contribution < 1.29 is 32.2 Å². The summed E-state index contributed by atoms with van der Waals surface area (Å²) in [7, 11) is 0. The summed E-state index contributed by atoms with van der Waals surface area (Å²) < 4.78 is 46.6. The number of nitrogens with one attached hydrogen (secondary N) is 1. The maximum absolute atomic E-state index is 12.4. The molecule has 1 N–H and O–H groups in total. The largest absolute Gasteiger partial charge is 0.484 e. The highest BCUT2D eigenvalue weighted by Gasteiger charge is 2.30. The lowest BCUT2D eigenvalue weighted by Crippen LogP contribution is -2.34. The quantitative estimate of drug-likeness (QED) is 0.925. The number of benzene rings is 1. The number of amides is 2. The Balaban J connectivity index is 2.54. The van der Waals surface area contributed by atoms with Gasteiger partial charge >= 0.3 is 12.3 Å². The van der Waals surface area contributed by atoms with Gasteiger partial charge in [0.1, 0.15) is 5.75 Å². The van der Waals surface area contributed by atoms with E-state index in [9.17, 15) is 22.8 Å². The van der Waals surface area contributed by atoms with Crippen molar-refractivity contribution in [3.63, 3.8) is 0 Å². The Kier molecular flexibility index (Phi) is 5.36. The zero-order valence-corrected chi connectivity index (χ0v) is 10.5. The van der Waals surface area contributed by atoms with E-state index in [0.717, 1.165) is 18.2 Å². The van der Waals surface area contributed by atoms with E-state index in [1.807, 2.05) is 5.32 Å². The zero-order chi connectivity index (χ0) is 15.2. The summed E-state index contributed by atoms with van der Waals surface area (Å²) in [6.45, 7) is 1.05. The number of carbonyl (C=O) groups excluding carboxylic acids is 2. The fourth-order valence-corrected chi connectivity index (χ4v) is 1.23. The van der Waals surface area contributed by atoms with Crippen molar-refractivity contribution in [2.75, 3.05) is 13.2 Å². The molecule has 110 valence electrons. The second kappa shape index (κ2) is 6.78. The molecule has 2 amide bonds. The van der Waals surface area contributed by atoms with Crippen molar-refractivity contribution >= 4 is 12.0 Å². The monoisotopic (exact) mass is 291 g/mol. The lowest BCUT2D eigenvalue weighted by atomic mass is 10.2. The molecule has 8 heteroatoms. The van der Waals surface area contributed by atoms with Gasteiger partial charge in [-0.25, -0.2) is 4.79 Å². The van der Waals surface area contributed by atoms with Crippen LogP contribution in [0.3, 0.4) is 0 Å². The number of ether oxygens (including phenoxy) is 2. The predicted molar refractivity (Wildman–Crippen MR) is 62.1 cm³/mol. The van der Waals surface area contributed by atoms with E-state index in [0.29, 0.717) is 0 Å². The van der Waals surface area contributed by atoms with Gasteiger partial charge in [-0.15, -0.1) is 0 Å². The smallest absolute Gasteiger partial charge is 0.416 e. The molecule has 0 heterocycles. The summed E-state index contributed by atoms with van der Waals surface area (Å²) in [4.78, 5) is 22.1. The maximum atomic E-state index is 12.4. The molecule has 1 rings (SSSR count). The lowest BCUT2D eigenvalue weighted by Gasteiger charge is -2.10. The molecule has 0 saturated heterocycles. The summed E-state index contributed by atoms with van der Waals surface area (Å²) >= 11 is 0. The molecule has 0 saturated carbocycles. The number of halogens is 3. The van der Waals surface area contributed by atoms with Gasteiger partial charge < -0.3 is 9.47 Å². The third-order valence-corrected chi connectivity index (χ3v) is 2.05. The van der Waals surface area contributed by atoms with Crippen LogP contribution in [-0.4, -0.2) is 25.2 Å². The molecule has 1 aromatic rings. The second-order valence-corrected chi connectivity index (χ2v) is 3.58. The van der Waals surface area contributed by atoms with Crippen LogP contribution in [0.2, 0.25) is 0 Å². The molecular formula is C12H12F3NO4. The van der Waals surface area contributed by atoms with Gasteiger partial charge in [-0.1, -0.05) is 6.07 Å². The first-order valence-corrected chi connectivity index (χ1v) is 5.59. The molecule has 0 radical (unpaired) electrons. The normalized spacial score (nSPS) is 10.8. The van der Waals surface area contributed by atoms with Gasteiger partial charge in [0.05, 0.1) is 12.2 Å². The topological polar surface area (TPSA) is 64.6 Å². The van der Waals surface area contributed by atoms with E-state index >= 15 is 0 Å². The minimum Gasteiger partial charge on any atom is -0.484 e. The van der Waals surface area contributed by atoms with Crippen LogP contribution in [0.4, 0.5) is 18.0 Å². The Morgan fingerprint density at radius 3 is 2.60 bits per heavy atom. The molecule has 0 atom stereocenters. The molecule has 0 fully saturated rings. The third kappa shape index (κ3) is 5.17. The fraction of sp³-hybridized carbons (Fsp3) is 0.333. The van der Waals surface area contributed by atoms with E-state index < -0.39 is 30.3 Å². The predicted octanol–water partition coefficient (Wildman–Crippen LogP) is 2.36. The highest BCUT2D eigenvalue weighted by atomic mass is 19.4. The van der Waals surface area contributed by atoms with Crippen molar-refractivity contribution in [1.29, 1.82) is 0 Å². The van der Waals surface area contributed by atoms with Crippen LogP contribution in [0.15, 0.2) is 24.3 Å². The minimum atomic E-state index is -4.49. The third-order valence-electron chi connectivity index (χ3n) is 2.05. The van der Waals surface area contributed by atoms with Gasteiger partial charge in [-0.3, -0.25) is 10.1 Å². The van der Waals surface area contributed by atoms with Gasteiger partial charge in [0, 0.05) is 0 Å². The van der Waals surface area contributed by atoms with Gasteiger partial charge in [0.25, 0.3) is 5.91 Å². The van der Waals surface area contributed by atoms with Crippen LogP contribution in [0.1, 0.15) is 12.5 Å². The molecule has 5 nitrogen and oxygen atoms in total. The Bertz CT molecular complexity index is 488. The molecular weight excluding hydrogens is 279 g/mol. The number of alkyl carbamates (subject to hydrolysis) is 1. The van der Waals surface area contributed by atoms with Gasteiger partial charge in [-0.05, 0) is 25.1 Å². The molecule has 0 aliphatic heterocycles. The summed E-state index contributed by atoms with van der Waals surface area (Å²) in [6.07, 6.45) is -5.43. The van der Waals surface area contributed by atoms with Crippen LogP contribution in [0.25, 0.3) is 0 Å². The van der Waals surface area contributed by atoms with Crippen LogP contribution in [0.5, 0.6) is 5.75 Å². The van der Waals surface area contributed by atoms with E-state index in [2.05, 4.69) is 4.74 Å². The van der Waals surface area contributed by atoms with Crippen molar-refractivity contribution in [3.05, 3.63) is 29.8 Å². The van der Waals surface area contributed by atoms with Crippen molar-refractivity contribution in [2.24, 2.45) is 0 Å². The molecule has 20 heavy (non-hydrogen) atoms. The molecule has 0 spiro atoms. The number of hydrogen-bond acceptors (Lipinski definition) is 4. The first-order valence-electron chi connectivity index (χ1n) is 5.59. The van der Waals surface area contributed by atoms with Crippen LogP contribution in [0, 0.1) is 0 Å². The second-order valence-electron chi connectivity index (χ2n) is 3.58. The lowest BCUT2D eigenvalue weighted by molar-refractivity contribution is -0.137. The minimum absolute atomic E-state index is 0.0909. The van der Waals surface area contributed by atoms with Crippen molar-refractivity contribution in [1.82, 2.24) is 5.32 Å². The Morgan fingerprint density at radius 1 is 1.30 bits per heavy atom. The molecule has 0 aliphatic carbocycles. The SMILES string of the molecule is CCOC(=O)NC(=O)COc1cccc(C(F)(F)F)c1. The number of imide groups is 1. The number of hydrogen-bond donors (Lipinski definition) is 1. The average Bonchev–Trinajstić information content (AvgIpc) is 2.36. The number of carbonyl (C=O) groups is 2. The molecule has 1 aromatic carbocycles. The van der Waals surface area contributed by atoms with Crippen LogP contribution >= 0.6 is 0 Å². The fourth-order valence-electron chi connectivity index (χ4n) is 1.23. The first kappa shape index (κ1) is 15.8. The number of rotatable bonds is 4. The zero-order valence-electron chi connectivity index (χ0n) is 10.5. The molecule has 0 aliphatic rings. The van der Waals surface area contributed by atoms with E-state index in [1.54, 1.807) is 6.92 Å². The molecule has 0 bridgehead atoms. The Hall–Kier alpha value is -2.25.